The highest BCUT2D eigenvalue weighted by molar-refractivity contribution is 6.32. The van der Waals surface area contributed by atoms with Crippen LogP contribution < -0.4 is 16.2 Å². The molecule has 1 aromatic carbocycles. The van der Waals surface area contributed by atoms with Crippen LogP contribution in [0.3, 0.4) is 0 Å². The summed E-state index contributed by atoms with van der Waals surface area (Å²) in [6.45, 7) is 7.82. The van der Waals surface area contributed by atoms with Crippen molar-refractivity contribution in [3.8, 4) is 0 Å². The van der Waals surface area contributed by atoms with Gasteiger partial charge in [0.25, 0.3) is 11.5 Å². The summed E-state index contributed by atoms with van der Waals surface area (Å²) < 4.78 is 0. The number of nitrogens with zero attached hydrogens (tertiary/aromatic N) is 4. The number of pyridine rings is 1. The van der Waals surface area contributed by atoms with Crippen LogP contribution in [-0.4, -0.2) is 51.9 Å². The first-order valence-corrected chi connectivity index (χ1v) is 10.7. The number of piperazine rings is 1. The number of aromatic amines is 1. The largest absolute Gasteiger partial charge is 0.366 e. The first-order valence-electron chi connectivity index (χ1n) is 10.3. The Balaban J connectivity index is 1.44. The number of hydrogen-bond acceptors (Lipinski definition) is 6. The number of primary amides is 1. The number of anilines is 1. The van der Waals surface area contributed by atoms with E-state index in [9.17, 15) is 9.59 Å². The average molecular weight is 441 g/mol. The van der Waals surface area contributed by atoms with E-state index >= 15 is 0 Å². The lowest BCUT2D eigenvalue weighted by Gasteiger charge is -2.36. The number of aromatic nitrogens is 3. The van der Waals surface area contributed by atoms with Gasteiger partial charge in [0.2, 0.25) is 0 Å². The molecule has 0 aliphatic carbocycles. The van der Waals surface area contributed by atoms with Crippen LogP contribution in [0, 0.1) is 6.92 Å². The van der Waals surface area contributed by atoms with Crippen molar-refractivity contribution in [2.24, 2.45) is 5.73 Å². The summed E-state index contributed by atoms with van der Waals surface area (Å²) in [5.41, 5.74) is 10.3. The van der Waals surface area contributed by atoms with Crippen molar-refractivity contribution in [1.29, 1.82) is 0 Å². The lowest BCUT2D eigenvalue weighted by Crippen LogP contribution is -2.46. The zero-order valence-corrected chi connectivity index (χ0v) is 18.4. The van der Waals surface area contributed by atoms with Crippen molar-refractivity contribution in [3.05, 3.63) is 62.3 Å². The van der Waals surface area contributed by atoms with E-state index in [-0.39, 0.29) is 11.3 Å². The lowest BCUT2D eigenvalue weighted by atomic mass is 10.1. The number of nitrogens with one attached hydrogen (secondary N) is 1. The topological polar surface area (TPSA) is 108 Å². The number of hydrogen-bond donors (Lipinski definition) is 2. The lowest BCUT2D eigenvalue weighted by molar-refractivity contribution is 0.0995. The van der Waals surface area contributed by atoms with E-state index in [0.717, 1.165) is 60.6 Å². The summed E-state index contributed by atoms with van der Waals surface area (Å²) in [6, 6.07) is 7.90. The van der Waals surface area contributed by atoms with Gasteiger partial charge in [0, 0.05) is 32.7 Å². The summed E-state index contributed by atoms with van der Waals surface area (Å²) in [5.74, 6) is -0.575. The maximum Gasteiger partial charge on any atom is 0.270 e. The fourth-order valence-electron chi connectivity index (χ4n) is 3.96. The molecule has 3 N–H and O–H groups in total. The molecule has 0 unspecified atom stereocenters. The van der Waals surface area contributed by atoms with Gasteiger partial charge in [-0.1, -0.05) is 24.6 Å². The SMILES string of the molecule is CCc1nc2ccc(CN3CCN(c4cc(C)c(C(N)=O)nc4Cl)CC3)cc2[nH]c1=O. The third-order valence-corrected chi connectivity index (χ3v) is 5.94. The summed E-state index contributed by atoms with van der Waals surface area (Å²) in [4.78, 5) is 39.6. The summed E-state index contributed by atoms with van der Waals surface area (Å²) in [5, 5.41) is 0.297. The van der Waals surface area contributed by atoms with E-state index < -0.39 is 5.91 Å². The molecule has 0 atom stereocenters. The van der Waals surface area contributed by atoms with Gasteiger partial charge >= 0.3 is 0 Å². The van der Waals surface area contributed by atoms with Gasteiger partial charge in [-0.25, -0.2) is 9.97 Å². The number of fused-ring (bicyclic) bond motifs is 1. The van der Waals surface area contributed by atoms with Crippen molar-refractivity contribution in [2.75, 3.05) is 31.1 Å². The van der Waals surface area contributed by atoms with Crippen molar-refractivity contribution in [1.82, 2.24) is 19.9 Å². The Morgan fingerprint density at radius 1 is 1.19 bits per heavy atom. The molecule has 8 nitrogen and oxygen atoms in total. The van der Waals surface area contributed by atoms with E-state index in [0.29, 0.717) is 17.3 Å². The van der Waals surface area contributed by atoms with Crippen molar-refractivity contribution >= 4 is 34.2 Å². The van der Waals surface area contributed by atoms with Crippen LogP contribution in [0.2, 0.25) is 5.15 Å². The zero-order valence-electron chi connectivity index (χ0n) is 17.6. The van der Waals surface area contributed by atoms with Gasteiger partial charge in [-0.05, 0) is 42.7 Å². The fraction of sp³-hybridized carbons (Fsp3) is 0.364. The highest BCUT2D eigenvalue weighted by atomic mass is 35.5. The standard InChI is InChI=1S/C22H25ClN6O2/c1-3-15-22(31)26-17-11-14(4-5-16(17)25-15)12-28-6-8-29(9-7-28)18-10-13(2)19(21(24)30)27-20(18)23/h4-5,10-11H,3,6-9,12H2,1-2H3,(H2,24,30)(H,26,31). The molecule has 3 aromatic rings. The number of amides is 1. The molecule has 1 aliphatic heterocycles. The molecule has 0 radical (unpaired) electrons. The van der Waals surface area contributed by atoms with E-state index in [1.807, 2.05) is 32.0 Å². The minimum absolute atomic E-state index is 0.121. The molecule has 0 bridgehead atoms. The van der Waals surface area contributed by atoms with E-state index in [2.05, 4.69) is 30.8 Å². The second-order valence-electron chi connectivity index (χ2n) is 7.81. The molecule has 2 aromatic heterocycles. The molecular weight excluding hydrogens is 416 g/mol. The second kappa shape index (κ2) is 8.64. The van der Waals surface area contributed by atoms with Crippen LogP contribution >= 0.6 is 11.6 Å². The van der Waals surface area contributed by atoms with E-state index in [1.54, 1.807) is 0 Å². The molecule has 0 saturated carbocycles. The third-order valence-electron chi connectivity index (χ3n) is 5.66. The molecule has 1 saturated heterocycles. The number of carbonyl (C=O) groups is 1. The average Bonchev–Trinajstić information content (AvgIpc) is 2.75. The van der Waals surface area contributed by atoms with E-state index in [1.165, 1.54) is 0 Å². The van der Waals surface area contributed by atoms with Gasteiger partial charge < -0.3 is 15.6 Å². The van der Waals surface area contributed by atoms with Gasteiger partial charge in [-0.3, -0.25) is 14.5 Å². The number of halogens is 1. The van der Waals surface area contributed by atoms with Crippen molar-refractivity contribution in [3.63, 3.8) is 0 Å². The maximum absolute atomic E-state index is 12.1. The van der Waals surface area contributed by atoms with Crippen LogP contribution in [0.15, 0.2) is 29.1 Å². The Hall–Kier alpha value is -2.97. The molecule has 1 fully saturated rings. The summed E-state index contributed by atoms with van der Waals surface area (Å²) in [7, 11) is 0. The molecular formula is C22H25ClN6O2. The van der Waals surface area contributed by atoms with Gasteiger partial charge in [0.05, 0.1) is 16.7 Å². The van der Waals surface area contributed by atoms with Crippen LogP contribution in [0.4, 0.5) is 5.69 Å². The molecule has 31 heavy (non-hydrogen) atoms. The highest BCUT2D eigenvalue weighted by Crippen LogP contribution is 2.27. The molecule has 3 heterocycles. The first kappa shape index (κ1) is 21.3. The number of carbonyl (C=O) groups excluding carboxylic acids is 1. The molecule has 162 valence electrons. The predicted molar refractivity (Wildman–Crippen MR) is 122 cm³/mol. The van der Waals surface area contributed by atoms with Gasteiger partial charge in [0.1, 0.15) is 11.4 Å². The molecule has 1 aliphatic rings. The van der Waals surface area contributed by atoms with Crippen LogP contribution in [-0.2, 0) is 13.0 Å². The van der Waals surface area contributed by atoms with Crippen molar-refractivity contribution < 1.29 is 4.79 Å². The summed E-state index contributed by atoms with van der Waals surface area (Å²) in [6.07, 6.45) is 0.613. The Morgan fingerprint density at radius 3 is 2.61 bits per heavy atom. The smallest absolute Gasteiger partial charge is 0.270 e. The number of benzene rings is 1. The predicted octanol–water partition coefficient (Wildman–Crippen LogP) is 2.26. The van der Waals surface area contributed by atoms with E-state index in [4.69, 9.17) is 17.3 Å². The zero-order chi connectivity index (χ0) is 22.1. The molecule has 9 heteroatoms. The van der Waals surface area contributed by atoms with Gasteiger partial charge in [0.15, 0.2) is 5.15 Å². The third kappa shape index (κ3) is 4.40. The fourth-order valence-corrected chi connectivity index (χ4v) is 4.22. The quantitative estimate of drug-likeness (QED) is 0.589. The van der Waals surface area contributed by atoms with Gasteiger partial charge in [-0.15, -0.1) is 0 Å². The monoisotopic (exact) mass is 440 g/mol. The number of nitrogens with two attached hydrogens (primary N) is 1. The number of H-pyrrole nitrogens is 1. The highest BCUT2D eigenvalue weighted by Gasteiger charge is 2.21. The Morgan fingerprint density at radius 2 is 1.94 bits per heavy atom. The first-order chi connectivity index (χ1) is 14.9. The summed E-state index contributed by atoms with van der Waals surface area (Å²) >= 11 is 6.33. The minimum Gasteiger partial charge on any atom is -0.366 e. The van der Waals surface area contributed by atoms with Crippen LogP contribution in [0.1, 0.15) is 34.2 Å². The Bertz CT molecular complexity index is 1200. The number of aryl methyl sites for hydroxylation is 2. The normalized spacial score (nSPS) is 14.9. The van der Waals surface area contributed by atoms with Gasteiger partial charge in [-0.2, -0.15) is 0 Å². The van der Waals surface area contributed by atoms with Crippen LogP contribution in [0.25, 0.3) is 11.0 Å². The minimum atomic E-state index is -0.575. The Kier molecular flexibility index (Phi) is 5.93. The molecule has 1 amide bonds. The Labute approximate surface area is 185 Å². The maximum atomic E-state index is 12.1. The molecule has 0 spiro atoms. The van der Waals surface area contributed by atoms with Crippen LogP contribution in [0.5, 0.6) is 0 Å². The molecule has 4 rings (SSSR count). The second-order valence-corrected chi connectivity index (χ2v) is 8.17. The van der Waals surface area contributed by atoms with Crippen molar-refractivity contribution in [2.45, 2.75) is 26.8 Å². The number of rotatable bonds is 5.